The molecule has 1 heterocycles. The summed E-state index contributed by atoms with van der Waals surface area (Å²) in [5.41, 5.74) is -3.60. The summed E-state index contributed by atoms with van der Waals surface area (Å²) in [5, 5.41) is 13.3. The van der Waals surface area contributed by atoms with Gasteiger partial charge in [0.15, 0.2) is 0 Å². The van der Waals surface area contributed by atoms with Gasteiger partial charge in [-0.2, -0.15) is 23.3 Å². The fraction of sp³-hybridized carbons (Fsp3) is 0.400. The molecule has 0 bridgehead atoms. The second-order valence-electron chi connectivity index (χ2n) is 5.10. The molecule has 0 spiro atoms. The third kappa shape index (κ3) is 3.43. The molecule has 0 aliphatic carbocycles. The molecule has 0 unspecified atom stereocenters. The molecule has 0 saturated heterocycles. The number of halogens is 3. The van der Waals surface area contributed by atoms with Gasteiger partial charge in [-0.15, -0.1) is 0 Å². The lowest BCUT2D eigenvalue weighted by atomic mass is 10.0. The molecule has 0 radical (unpaired) electrons. The summed E-state index contributed by atoms with van der Waals surface area (Å²) in [7, 11) is 1.42. The van der Waals surface area contributed by atoms with Crippen molar-refractivity contribution >= 4 is 17.6 Å². The Labute approximate surface area is 140 Å². The molecule has 7 nitrogen and oxygen atoms in total. The standard InChI is InChI=1S/C15H15F3N2O5/c1-3-25-13(22)12(21)20-14(23,15(16,17)18)8-11(19-20)9-4-6-10(24-2)7-5-9/h4-7,23H,3,8H2,1-2H3/t14-/m1/s1. The van der Waals surface area contributed by atoms with Gasteiger partial charge in [-0.1, -0.05) is 0 Å². The summed E-state index contributed by atoms with van der Waals surface area (Å²) in [6.07, 6.45) is -6.25. The summed E-state index contributed by atoms with van der Waals surface area (Å²) >= 11 is 0. The lowest BCUT2D eigenvalue weighted by Crippen LogP contribution is -2.58. The number of hydrogen-bond acceptors (Lipinski definition) is 6. The zero-order valence-corrected chi connectivity index (χ0v) is 13.3. The second-order valence-corrected chi connectivity index (χ2v) is 5.10. The third-order valence-electron chi connectivity index (χ3n) is 3.50. The monoisotopic (exact) mass is 360 g/mol. The first-order valence-electron chi connectivity index (χ1n) is 7.16. The normalized spacial score (nSPS) is 20.2. The van der Waals surface area contributed by atoms with Crippen molar-refractivity contribution in [2.45, 2.75) is 25.2 Å². The van der Waals surface area contributed by atoms with Crippen LogP contribution in [-0.4, -0.2) is 53.3 Å². The van der Waals surface area contributed by atoms with Gasteiger partial charge in [0, 0.05) is 0 Å². The zero-order valence-electron chi connectivity index (χ0n) is 13.3. The number of methoxy groups -OCH3 is 1. The Morgan fingerprint density at radius 2 is 1.92 bits per heavy atom. The predicted octanol–water partition coefficient (Wildman–Crippen LogP) is 1.45. The van der Waals surface area contributed by atoms with Gasteiger partial charge in [0.25, 0.3) is 5.72 Å². The van der Waals surface area contributed by atoms with Crippen LogP contribution in [0.15, 0.2) is 29.4 Å². The largest absolute Gasteiger partial charge is 0.497 e. The SMILES string of the molecule is CCOC(=O)C(=O)N1N=C(c2ccc(OC)cc2)C[C@@]1(O)C(F)(F)F. The van der Waals surface area contributed by atoms with Crippen LogP contribution < -0.4 is 4.74 Å². The molecular formula is C15H15F3N2O5. The number of hydrazone groups is 1. The number of carbonyl (C=O) groups excluding carboxylic acids is 2. The zero-order chi connectivity index (χ0) is 18.8. The number of benzene rings is 1. The summed E-state index contributed by atoms with van der Waals surface area (Å²) in [5.74, 6) is -2.78. The van der Waals surface area contributed by atoms with Crippen molar-refractivity contribution in [2.24, 2.45) is 5.10 Å². The van der Waals surface area contributed by atoms with Gasteiger partial charge in [-0.3, -0.25) is 4.79 Å². The van der Waals surface area contributed by atoms with Crippen LogP contribution in [0.3, 0.4) is 0 Å². The summed E-state index contributed by atoms with van der Waals surface area (Å²) in [6.45, 7) is 1.18. The van der Waals surface area contributed by atoms with Crippen molar-refractivity contribution in [3.63, 3.8) is 0 Å². The average molecular weight is 360 g/mol. The highest BCUT2D eigenvalue weighted by Crippen LogP contribution is 2.41. The molecule has 1 aromatic rings. The molecule has 2 rings (SSSR count). The first-order chi connectivity index (χ1) is 11.6. The average Bonchev–Trinajstić information content (AvgIpc) is 2.93. The van der Waals surface area contributed by atoms with Crippen molar-refractivity contribution in [2.75, 3.05) is 13.7 Å². The molecule has 1 amide bonds. The Morgan fingerprint density at radius 1 is 1.32 bits per heavy atom. The Bertz CT molecular complexity index is 702. The molecule has 10 heteroatoms. The molecule has 1 atom stereocenters. The minimum atomic E-state index is -5.23. The van der Waals surface area contributed by atoms with E-state index in [1.807, 2.05) is 0 Å². The fourth-order valence-corrected chi connectivity index (χ4v) is 2.20. The van der Waals surface area contributed by atoms with E-state index in [1.165, 1.54) is 38.3 Å². The van der Waals surface area contributed by atoms with Gasteiger partial charge in [-0.25, -0.2) is 4.79 Å². The summed E-state index contributed by atoms with van der Waals surface area (Å²) < 4.78 is 49.3. The quantitative estimate of drug-likeness (QED) is 0.651. The second kappa shape index (κ2) is 6.71. The van der Waals surface area contributed by atoms with Gasteiger partial charge in [0.1, 0.15) is 5.75 Å². The van der Waals surface area contributed by atoms with E-state index in [-0.39, 0.29) is 22.9 Å². The molecule has 136 valence electrons. The molecule has 1 N–H and O–H groups in total. The minimum Gasteiger partial charge on any atom is -0.497 e. The number of ether oxygens (including phenoxy) is 2. The van der Waals surface area contributed by atoms with Crippen LogP contribution in [0.5, 0.6) is 5.75 Å². The van der Waals surface area contributed by atoms with E-state index in [4.69, 9.17) is 4.74 Å². The van der Waals surface area contributed by atoms with E-state index in [2.05, 4.69) is 9.84 Å². The highest BCUT2D eigenvalue weighted by Gasteiger charge is 2.64. The molecule has 0 aromatic heterocycles. The van der Waals surface area contributed by atoms with Crippen LogP contribution in [0.1, 0.15) is 18.9 Å². The minimum absolute atomic E-state index is 0.208. The Morgan fingerprint density at radius 3 is 2.40 bits per heavy atom. The van der Waals surface area contributed by atoms with E-state index in [1.54, 1.807) is 0 Å². The number of esters is 1. The highest BCUT2D eigenvalue weighted by atomic mass is 19.4. The van der Waals surface area contributed by atoms with E-state index in [9.17, 15) is 27.9 Å². The van der Waals surface area contributed by atoms with Gasteiger partial charge in [0.2, 0.25) is 0 Å². The molecule has 1 aliphatic heterocycles. The van der Waals surface area contributed by atoms with Crippen molar-refractivity contribution in [3.8, 4) is 5.75 Å². The number of alkyl halides is 3. The molecule has 25 heavy (non-hydrogen) atoms. The molecule has 0 fully saturated rings. The molecule has 1 aromatic carbocycles. The smallest absolute Gasteiger partial charge is 0.438 e. The third-order valence-corrected chi connectivity index (χ3v) is 3.50. The Hall–Kier alpha value is -2.62. The van der Waals surface area contributed by atoms with Gasteiger partial charge < -0.3 is 14.6 Å². The van der Waals surface area contributed by atoms with E-state index in [0.717, 1.165) is 0 Å². The lowest BCUT2D eigenvalue weighted by molar-refractivity contribution is -0.302. The van der Waals surface area contributed by atoms with E-state index < -0.39 is 30.2 Å². The maximum atomic E-state index is 13.3. The highest BCUT2D eigenvalue weighted by molar-refractivity contribution is 6.33. The van der Waals surface area contributed by atoms with Crippen LogP contribution in [0.25, 0.3) is 0 Å². The van der Waals surface area contributed by atoms with Crippen LogP contribution in [0, 0.1) is 0 Å². The van der Waals surface area contributed by atoms with Crippen molar-refractivity contribution in [1.29, 1.82) is 0 Å². The maximum Gasteiger partial charge on any atom is 0.438 e. The van der Waals surface area contributed by atoms with Gasteiger partial charge >= 0.3 is 18.1 Å². The molecule has 1 aliphatic rings. The van der Waals surface area contributed by atoms with Crippen molar-refractivity contribution < 1.29 is 37.3 Å². The van der Waals surface area contributed by atoms with E-state index >= 15 is 0 Å². The predicted molar refractivity (Wildman–Crippen MR) is 78.6 cm³/mol. The van der Waals surface area contributed by atoms with Crippen LogP contribution in [-0.2, 0) is 14.3 Å². The number of amides is 1. The maximum absolute atomic E-state index is 13.3. The number of aliphatic hydroxyl groups is 1. The van der Waals surface area contributed by atoms with Crippen molar-refractivity contribution in [3.05, 3.63) is 29.8 Å². The van der Waals surface area contributed by atoms with E-state index in [0.29, 0.717) is 5.75 Å². The summed E-state index contributed by atoms with van der Waals surface area (Å²) in [4.78, 5) is 23.4. The van der Waals surface area contributed by atoms with Crippen LogP contribution in [0.4, 0.5) is 13.2 Å². The van der Waals surface area contributed by atoms with Gasteiger partial charge in [-0.05, 0) is 36.8 Å². The summed E-state index contributed by atoms with van der Waals surface area (Å²) in [6, 6.07) is 5.82. The number of nitrogens with zero attached hydrogens (tertiary/aromatic N) is 2. The number of rotatable bonds is 3. The Balaban J connectivity index is 2.41. The topological polar surface area (TPSA) is 88.4 Å². The number of hydrogen-bond donors (Lipinski definition) is 1. The molecule has 0 saturated carbocycles. The van der Waals surface area contributed by atoms with Gasteiger partial charge in [0.05, 0.1) is 25.8 Å². The Kier molecular flexibility index (Phi) is 5.02. The van der Waals surface area contributed by atoms with Crippen molar-refractivity contribution in [1.82, 2.24) is 5.01 Å². The fourth-order valence-electron chi connectivity index (χ4n) is 2.20. The lowest BCUT2D eigenvalue weighted by Gasteiger charge is -2.31. The first-order valence-corrected chi connectivity index (χ1v) is 7.16. The van der Waals surface area contributed by atoms with Crippen LogP contribution >= 0.6 is 0 Å². The van der Waals surface area contributed by atoms with Crippen LogP contribution in [0.2, 0.25) is 0 Å². The molecular weight excluding hydrogens is 345 g/mol. The number of carbonyl (C=O) groups is 2. The first kappa shape index (κ1) is 18.7.